The zero-order chi connectivity index (χ0) is 18.6. The molecule has 2 aliphatic rings. The van der Waals surface area contributed by atoms with E-state index in [1.54, 1.807) is 6.20 Å². The van der Waals surface area contributed by atoms with E-state index in [0.717, 1.165) is 45.0 Å². The van der Waals surface area contributed by atoms with Gasteiger partial charge in [0.2, 0.25) is 0 Å². The van der Waals surface area contributed by atoms with Crippen LogP contribution in [-0.2, 0) is 0 Å². The van der Waals surface area contributed by atoms with E-state index in [-0.39, 0.29) is 5.91 Å². The van der Waals surface area contributed by atoms with Gasteiger partial charge in [0.15, 0.2) is 0 Å². The van der Waals surface area contributed by atoms with Gasteiger partial charge in [-0.1, -0.05) is 12.1 Å². The summed E-state index contributed by atoms with van der Waals surface area (Å²) in [5.41, 5.74) is 4.21. The van der Waals surface area contributed by atoms with Crippen molar-refractivity contribution in [3.8, 4) is 0 Å². The van der Waals surface area contributed by atoms with Crippen LogP contribution in [-0.4, -0.2) is 55.1 Å². The first kappa shape index (κ1) is 17.8. The molecule has 27 heavy (non-hydrogen) atoms. The van der Waals surface area contributed by atoms with Crippen molar-refractivity contribution in [2.24, 2.45) is 0 Å². The van der Waals surface area contributed by atoms with E-state index >= 15 is 0 Å². The fourth-order valence-corrected chi connectivity index (χ4v) is 4.04. The second-order valence-electron chi connectivity index (χ2n) is 7.57. The molecule has 5 nitrogen and oxygen atoms in total. The van der Waals surface area contributed by atoms with Crippen molar-refractivity contribution in [2.45, 2.75) is 26.2 Å². The van der Waals surface area contributed by atoms with E-state index in [1.807, 2.05) is 17.0 Å². The predicted molar refractivity (Wildman–Crippen MR) is 110 cm³/mol. The summed E-state index contributed by atoms with van der Waals surface area (Å²) in [5.74, 6) is 0.0535. The molecule has 0 aliphatic carbocycles. The molecule has 2 aromatic rings. The number of carbonyl (C=O) groups is 1. The Hall–Kier alpha value is -2.56. The highest BCUT2D eigenvalue weighted by molar-refractivity contribution is 5.93. The Bertz CT molecular complexity index is 792. The highest BCUT2D eigenvalue weighted by atomic mass is 16.2. The van der Waals surface area contributed by atoms with Crippen molar-refractivity contribution in [3.05, 3.63) is 53.9 Å². The zero-order valence-corrected chi connectivity index (χ0v) is 16.1. The van der Waals surface area contributed by atoms with Gasteiger partial charge in [-0.3, -0.25) is 9.78 Å². The van der Waals surface area contributed by atoms with Crippen LogP contribution in [0.3, 0.4) is 0 Å². The molecule has 4 rings (SSSR count). The summed E-state index contributed by atoms with van der Waals surface area (Å²) >= 11 is 0. The van der Waals surface area contributed by atoms with Gasteiger partial charge in [-0.15, -0.1) is 0 Å². The average molecular weight is 364 g/mol. The van der Waals surface area contributed by atoms with Crippen LogP contribution in [0, 0.1) is 6.92 Å². The van der Waals surface area contributed by atoms with Crippen LogP contribution in [0.5, 0.6) is 0 Å². The van der Waals surface area contributed by atoms with E-state index in [9.17, 15) is 4.79 Å². The molecule has 0 N–H and O–H groups in total. The molecular weight excluding hydrogens is 336 g/mol. The number of hydrogen-bond acceptors (Lipinski definition) is 4. The third-order valence-corrected chi connectivity index (χ3v) is 5.62. The number of nitrogens with zero attached hydrogens (tertiary/aromatic N) is 4. The summed E-state index contributed by atoms with van der Waals surface area (Å²) in [4.78, 5) is 24.0. The molecule has 0 radical (unpaired) electrons. The molecule has 142 valence electrons. The Morgan fingerprint density at radius 2 is 1.56 bits per heavy atom. The number of carbonyl (C=O) groups excluding carboxylic acids is 1. The number of aromatic nitrogens is 1. The van der Waals surface area contributed by atoms with Gasteiger partial charge in [-0.05, 0) is 56.0 Å². The molecule has 0 spiro atoms. The minimum atomic E-state index is 0.0535. The maximum Gasteiger partial charge on any atom is 0.272 e. The van der Waals surface area contributed by atoms with Crippen molar-refractivity contribution in [3.63, 3.8) is 0 Å². The van der Waals surface area contributed by atoms with Gasteiger partial charge in [0.1, 0.15) is 5.69 Å². The Morgan fingerprint density at radius 3 is 2.30 bits per heavy atom. The van der Waals surface area contributed by atoms with E-state index in [2.05, 4.69) is 46.0 Å². The van der Waals surface area contributed by atoms with Gasteiger partial charge in [0.25, 0.3) is 5.91 Å². The van der Waals surface area contributed by atoms with Crippen LogP contribution in [0.25, 0.3) is 0 Å². The maximum absolute atomic E-state index is 13.0. The fraction of sp³-hybridized carbons (Fsp3) is 0.455. The molecule has 5 heteroatoms. The van der Waals surface area contributed by atoms with Gasteiger partial charge in [0, 0.05) is 56.8 Å². The number of anilines is 2. The minimum Gasteiger partial charge on any atom is -0.371 e. The lowest BCUT2D eigenvalue weighted by molar-refractivity contribution is 0.0741. The zero-order valence-electron chi connectivity index (χ0n) is 16.1. The number of benzene rings is 1. The van der Waals surface area contributed by atoms with Crippen molar-refractivity contribution in [1.29, 1.82) is 0 Å². The van der Waals surface area contributed by atoms with Crippen molar-refractivity contribution < 1.29 is 4.79 Å². The summed E-state index contributed by atoms with van der Waals surface area (Å²) in [6.45, 7) is 7.47. The van der Waals surface area contributed by atoms with Crippen LogP contribution >= 0.6 is 0 Å². The van der Waals surface area contributed by atoms with Crippen LogP contribution in [0.1, 0.15) is 35.3 Å². The lowest BCUT2D eigenvalue weighted by atomic mass is 10.1. The number of piperazine rings is 1. The number of aryl methyl sites for hydroxylation is 1. The molecule has 0 bridgehead atoms. The van der Waals surface area contributed by atoms with Crippen LogP contribution < -0.4 is 9.80 Å². The molecule has 1 aromatic carbocycles. The fourth-order valence-electron chi connectivity index (χ4n) is 4.04. The van der Waals surface area contributed by atoms with E-state index < -0.39 is 0 Å². The van der Waals surface area contributed by atoms with Gasteiger partial charge in [0.05, 0.1) is 0 Å². The third kappa shape index (κ3) is 4.07. The van der Waals surface area contributed by atoms with Gasteiger partial charge < -0.3 is 14.7 Å². The van der Waals surface area contributed by atoms with E-state index in [4.69, 9.17) is 0 Å². The number of amides is 1. The number of hydrogen-bond donors (Lipinski definition) is 0. The summed E-state index contributed by atoms with van der Waals surface area (Å²) in [6, 6.07) is 12.6. The minimum absolute atomic E-state index is 0.0535. The predicted octanol–water partition coefficient (Wildman–Crippen LogP) is 3.34. The molecule has 0 saturated carbocycles. The van der Waals surface area contributed by atoms with Gasteiger partial charge in [-0.2, -0.15) is 0 Å². The summed E-state index contributed by atoms with van der Waals surface area (Å²) in [5, 5.41) is 0. The Labute approximate surface area is 161 Å². The molecule has 1 amide bonds. The molecule has 2 fully saturated rings. The van der Waals surface area contributed by atoms with E-state index in [1.165, 1.54) is 30.5 Å². The van der Waals surface area contributed by atoms with Gasteiger partial charge >= 0.3 is 0 Å². The maximum atomic E-state index is 13.0. The first-order chi connectivity index (χ1) is 13.2. The largest absolute Gasteiger partial charge is 0.371 e. The highest BCUT2D eigenvalue weighted by Crippen LogP contribution is 2.22. The van der Waals surface area contributed by atoms with Crippen LogP contribution in [0.4, 0.5) is 11.4 Å². The lowest BCUT2D eigenvalue weighted by Crippen LogP contribution is -2.49. The van der Waals surface area contributed by atoms with Crippen LogP contribution in [0.2, 0.25) is 0 Å². The number of pyridine rings is 1. The first-order valence-electron chi connectivity index (χ1n) is 10.0. The smallest absolute Gasteiger partial charge is 0.272 e. The molecule has 3 heterocycles. The molecule has 0 atom stereocenters. The second-order valence-corrected chi connectivity index (χ2v) is 7.57. The molecule has 2 saturated heterocycles. The monoisotopic (exact) mass is 364 g/mol. The summed E-state index contributed by atoms with van der Waals surface area (Å²) in [7, 11) is 0. The first-order valence-corrected chi connectivity index (χ1v) is 10.0. The van der Waals surface area contributed by atoms with Gasteiger partial charge in [-0.25, -0.2) is 0 Å². The summed E-state index contributed by atoms with van der Waals surface area (Å²) < 4.78 is 0. The Morgan fingerprint density at radius 1 is 0.852 bits per heavy atom. The number of piperidine rings is 1. The van der Waals surface area contributed by atoms with Crippen molar-refractivity contribution >= 4 is 17.3 Å². The Kier molecular flexibility index (Phi) is 5.28. The Balaban J connectivity index is 1.40. The third-order valence-electron chi connectivity index (χ3n) is 5.62. The normalized spacial score (nSPS) is 17.9. The second kappa shape index (κ2) is 7.99. The standard InChI is InChI=1S/C22H28N4O/c1-18-6-5-7-19(16-18)25-12-14-26(15-13-25)22(27)21-17-20(8-9-23-21)24-10-3-2-4-11-24/h5-9,16-17H,2-4,10-15H2,1H3. The number of rotatable bonds is 3. The average Bonchev–Trinajstić information content (AvgIpc) is 2.74. The summed E-state index contributed by atoms with van der Waals surface area (Å²) in [6.07, 6.45) is 5.54. The molecular formula is C22H28N4O. The molecule has 2 aliphatic heterocycles. The van der Waals surface area contributed by atoms with E-state index in [0.29, 0.717) is 5.69 Å². The highest BCUT2D eigenvalue weighted by Gasteiger charge is 2.24. The lowest BCUT2D eigenvalue weighted by Gasteiger charge is -2.36. The SMILES string of the molecule is Cc1cccc(N2CCN(C(=O)c3cc(N4CCCCC4)ccn3)CC2)c1. The van der Waals surface area contributed by atoms with Crippen molar-refractivity contribution in [2.75, 3.05) is 49.1 Å². The quantitative estimate of drug-likeness (QED) is 0.837. The molecule has 0 unspecified atom stereocenters. The topological polar surface area (TPSA) is 39.7 Å². The molecule has 1 aromatic heterocycles. The van der Waals surface area contributed by atoms with Crippen molar-refractivity contribution in [1.82, 2.24) is 9.88 Å². The van der Waals surface area contributed by atoms with Crippen LogP contribution in [0.15, 0.2) is 42.6 Å².